The number of nitrogens with zero attached hydrogens (tertiary/aromatic N) is 2. The Hall–Kier alpha value is -1.49. The molecular formula is C15H21N3OS. The van der Waals surface area contributed by atoms with Crippen molar-refractivity contribution in [2.75, 3.05) is 18.1 Å². The molecule has 0 bridgehead atoms. The zero-order chi connectivity index (χ0) is 14.9. The van der Waals surface area contributed by atoms with Gasteiger partial charge < -0.3 is 5.32 Å². The summed E-state index contributed by atoms with van der Waals surface area (Å²) in [5.41, 5.74) is 2.82. The highest BCUT2D eigenvalue weighted by Crippen LogP contribution is 2.26. The number of rotatable bonds is 1. The number of amidine groups is 1. The number of amides is 2. The van der Waals surface area contributed by atoms with E-state index in [1.54, 1.807) is 4.90 Å². The molecule has 2 rings (SSSR count). The van der Waals surface area contributed by atoms with Gasteiger partial charge in [-0.25, -0.2) is 4.79 Å². The molecule has 1 aromatic carbocycles. The Morgan fingerprint density at radius 1 is 1.35 bits per heavy atom. The zero-order valence-electron chi connectivity index (χ0n) is 12.7. The van der Waals surface area contributed by atoms with Gasteiger partial charge >= 0.3 is 6.03 Å². The van der Waals surface area contributed by atoms with Crippen molar-refractivity contribution in [2.45, 2.75) is 33.2 Å². The summed E-state index contributed by atoms with van der Waals surface area (Å²) < 4.78 is 0. The minimum atomic E-state index is -0.212. The smallest absolute Gasteiger partial charge is 0.307 e. The number of benzene rings is 1. The molecule has 20 heavy (non-hydrogen) atoms. The molecule has 5 heteroatoms. The molecule has 0 saturated heterocycles. The highest BCUT2D eigenvalue weighted by Gasteiger charge is 2.34. The predicted octanol–water partition coefficient (Wildman–Crippen LogP) is 3.65. The van der Waals surface area contributed by atoms with Gasteiger partial charge in [0.15, 0.2) is 5.17 Å². The number of aliphatic imine (C=N–C) groups is 1. The lowest BCUT2D eigenvalue weighted by Gasteiger charge is -2.21. The van der Waals surface area contributed by atoms with Crippen molar-refractivity contribution in [3.05, 3.63) is 29.3 Å². The van der Waals surface area contributed by atoms with Gasteiger partial charge in [-0.05, 0) is 45.1 Å². The first-order valence-electron chi connectivity index (χ1n) is 6.62. The molecule has 0 aromatic heterocycles. The van der Waals surface area contributed by atoms with E-state index in [9.17, 15) is 4.79 Å². The minimum absolute atomic E-state index is 0.110. The molecule has 0 spiro atoms. The highest BCUT2D eigenvalue weighted by atomic mass is 32.2. The number of hydrogen-bond acceptors (Lipinski definition) is 3. The lowest BCUT2D eigenvalue weighted by molar-refractivity contribution is 0.232. The van der Waals surface area contributed by atoms with E-state index in [1.807, 2.05) is 52.1 Å². The Labute approximate surface area is 124 Å². The van der Waals surface area contributed by atoms with Crippen molar-refractivity contribution in [2.24, 2.45) is 4.99 Å². The third-order valence-corrected chi connectivity index (χ3v) is 3.99. The molecule has 1 heterocycles. The van der Waals surface area contributed by atoms with Gasteiger partial charge in [0.1, 0.15) is 0 Å². The van der Waals surface area contributed by atoms with Gasteiger partial charge in [0.2, 0.25) is 0 Å². The van der Waals surface area contributed by atoms with Crippen molar-refractivity contribution in [1.29, 1.82) is 0 Å². The maximum atomic E-state index is 12.5. The lowest BCUT2D eigenvalue weighted by atomic mass is 10.1. The van der Waals surface area contributed by atoms with E-state index in [0.717, 1.165) is 22.0 Å². The number of carbonyl (C=O) groups is 1. The Morgan fingerprint density at radius 3 is 2.50 bits per heavy atom. The van der Waals surface area contributed by atoms with Crippen molar-refractivity contribution in [1.82, 2.24) is 4.90 Å². The average molecular weight is 291 g/mol. The van der Waals surface area contributed by atoms with Gasteiger partial charge in [0.25, 0.3) is 0 Å². The molecule has 0 saturated carbocycles. The Balaban J connectivity index is 2.20. The van der Waals surface area contributed by atoms with Crippen LogP contribution in [-0.4, -0.2) is 34.4 Å². The van der Waals surface area contributed by atoms with Crippen molar-refractivity contribution < 1.29 is 4.79 Å². The van der Waals surface area contributed by atoms with Crippen LogP contribution >= 0.6 is 11.8 Å². The molecule has 1 N–H and O–H groups in total. The van der Waals surface area contributed by atoms with Gasteiger partial charge in [0, 0.05) is 5.69 Å². The van der Waals surface area contributed by atoms with E-state index < -0.39 is 0 Å². The molecular weight excluding hydrogens is 270 g/mol. The predicted molar refractivity (Wildman–Crippen MR) is 86.7 cm³/mol. The second kappa shape index (κ2) is 5.48. The number of aryl methyl sites for hydroxylation is 2. The summed E-state index contributed by atoms with van der Waals surface area (Å²) in [6.07, 6.45) is 1.94. The van der Waals surface area contributed by atoms with Crippen LogP contribution in [0, 0.1) is 13.8 Å². The summed E-state index contributed by atoms with van der Waals surface area (Å²) in [5.74, 6) is 0. The largest absolute Gasteiger partial charge is 0.327 e. The maximum Gasteiger partial charge on any atom is 0.327 e. The number of anilines is 1. The fourth-order valence-electron chi connectivity index (χ4n) is 2.31. The molecule has 108 valence electrons. The van der Waals surface area contributed by atoms with Gasteiger partial charge in [-0.15, -0.1) is 0 Å². The van der Waals surface area contributed by atoms with Crippen LogP contribution in [0.3, 0.4) is 0 Å². The first-order valence-corrected chi connectivity index (χ1v) is 7.85. The molecule has 0 aliphatic carbocycles. The number of para-hydroxylation sites is 1. The molecule has 1 aromatic rings. The van der Waals surface area contributed by atoms with Crippen molar-refractivity contribution >= 4 is 28.6 Å². The second-order valence-electron chi connectivity index (χ2n) is 5.69. The topological polar surface area (TPSA) is 44.7 Å². The quantitative estimate of drug-likeness (QED) is 0.858. The van der Waals surface area contributed by atoms with Crippen LogP contribution in [0.25, 0.3) is 0 Å². The second-order valence-corrected chi connectivity index (χ2v) is 6.47. The summed E-state index contributed by atoms with van der Waals surface area (Å²) in [7, 11) is 0. The van der Waals surface area contributed by atoms with Gasteiger partial charge in [-0.1, -0.05) is 30.0 Å². The number of hydrogen-bond donors (Lipinski definition) is 1. The minimum Gasteiger partial charge on any atom is -0.307 e. The highest BCUT2D eigenvalue weighted by molar-refractivity contribution is 8.13. The molecule has 0 unspecified atom stereocenters. The summed E-state index contributed by atoms with van der Waals surface area (Å²) in [6, 6.07) is 5.88. The van der Waals surface area contributed by atoms with Crippen LogP contribution in [0.15, 0.2) is 23.2 Å². The standard InChI is InChI=1S/C15H21N3OS/c1-10-7-6-8-11(2)12(10)16-13(19)18-9-15(3,4)17-14(18)20-5/h6-8H,9H2,1-5H3,(H,16,19). The monoisotopic (exact) mass is 291 g/mol. The van der Waals surface area contributed by atoms with Gasteiger partial charge in [-0.3, -0.25) is 9.89 Å². The van der Waals surface area contributed by atoms with E-state index in [2.05, 4.69) is 10.3 Å². The average Bonchev–Trinajstić information content (AvgIpc) is 2.69. The van der Waals surface area contributed by atoms with E-state index in [4.69, 9.17) is 0 Å². The fraction of sp³-hybridized carbons (Fsp3) is 0.467. The summed E-state index contributed by atoms with van der Waals surface area (Å²) in [4.78, 5) is 18.8. The first kappa shape index (κ1) is 14.9. The number of thioether (sulfide) groups is 1. The Morgan fingerprint density at radius 2 is 1.95 bits per heavy atom. The van der Waals surface area contributed by atoms with E-state index in [0.29, 0.717) is 6.54 Å². The molecule has 0 fully saturated rings. The third kappa shape index (κ3) is 2.98. The Bertz CT molecular complexity index is 546. The fourth-order valence-corrected chi connectivity index (χ4v) is 3.02. The van der Waals surface area contributed by atoms with E-state index in [1.165, 1.54) is 11.8 Å². The number of urea groups is 1. The number of carbonyl (C=O) groups excluding carboxylic acids is 1. The van der Waals surface area contributed by atoms with Crippen molar-refractivity contribution in [3.8, 4) is 0 Å². The maximum absolute atomic E-state index is 12.5. The van der Waals surface area contributed by atoms with Gasteiger partial charge in [-0.2, -0.15) is 0 Å². The number of nitrogens with one attached hydrogen (secondary N) is 1. The Kier molecular flexibility index (Phi) is 4.09. The van der Waals surface area contributed by atoms with Crippen LogP contribution < -0.4 is 5.32 Å². The van der Waals surface area contributed by atoms with Crippen LogP contribution in [0.4, 0.5) is 10.5 Å². The van der Waals surface area contributed by atoms with Crippen LogP contribution in [0.1, 0.15) is 25.0 Å². The first-order chi connectivity index (χ1) is 9.34. The molecule has 1 aliphatic heterocycles. The SMILES string of the molecule is CSC1=NC(C)(C)CN1C(=O)Nc1c(C)cccc1C. The molecule has 0 radical (unpaired) electrons. The van der Waals surface area contributed by atoms with E-state index in [-0.39, 0.29) is 11.6 Å². The summed E-state index contributed by atoms with van der Waals surface area (Å²) in [6.45, 7) is 8.69. The van der Waals surface area contributed by atoms with Crippen LogP contribution in [0.5, 0.6) is 0 Å². The van der Waals surface area contributed by atoms with Crippen LogP contribution in [-0.2, 0) is 0 Å². The normalized spacial score (nSPS) is 17.1. The third-order valence-electron chi connectivity index (χ3n) is 3.32. The molecule has 0 atom stereocenters. The van der Waals surface area contributed by atoms with Crippen LogP contribution in [0.2, 0.25) is 0 Å². The molecule has 4 nitrogen and oxygen atoms in total. The van der Waals surface area contributed by atoms with E-state index >= 15 is 0 Å². The summed E-state index contributed by atoms with van der Waals surface area (Å²) in [5, 5.41) is 3.79. The van der Waals surface area contributed by atoms with Crippen molar-refractivity contribution in [3.63, 3.8) is 0 Å². The van der Waals surface area contributed by atoms with Gasteiger partial charge in [0.05, 0.1) is 12.1 Å². The molecule has 2 amide bonds. The zero-order valence-corrected chi connectivity index (χ0v) is 13.5. The lowest BCUT2D eigenvalue weighted by Crippen LogP contribution is -2.39. The molecule has 1 aliphatic rings. The summed E-state index contributed by atoms with van der Waals surface area (Å²) >= 11 is 1.51.